The van der Waals surface area contributed by atoms with E-state index in [1.807, 2.05) is 13.8 Å². The molecule has 0 saturated carbocycles. The average Bonchev–Trinajstić information content (AvgIpc) is 2.13. The molecule has 76 valence electrons. The van der Waals surface area contributed by atoms with E-state index in [0.717, 1.165) is 25.8 Å². The minimum Gasteiger partial charge on any atom is -0.391 e. The summed E-state index contributed by atoms with van der Waals surface area (Å²) in [5.41, 5.74) is 0. The van der Waals surface area contributed by atoms with Crippen LogP contribution in [0.5, 0.6) is 0 Å². The maximum absolute atomic E-state index is 11.6. The molecule has 0 aliphatic carbocycles. The van der Waals surface area contributed by atoms with Gasteiger partial charge in [-0.2, -0.15) is 0 Å². The van der Waals surface area contributed by atoms with Gasteiger partial charge in [0.2, 0.25) is 5.91 Å². The number of carbonyl (C=O) groups excluding carboxylic acids is 1. The van der Waals surface area contributed by atoms with Crippen LogP contribution in [-0.4, -0.2) is 35.1 Å². The Bertz CT molecular complexity index is 182. The van der Waals surface area contributed by atoms with Gasteiger partial charge in [0.1, 0.15) is 0 Å². The summed E-state index contributed by atoms with van der Waals surface area (Å²) in [6.45, 7) is 5.23. The van der Waals surface area contributed by atoms with Crippen molar-refractivity contribution in [3.05, 3.63) is 0 Å². The highest BCUT2D eigenvalue weighted by Crippen LogP contribution is 2.17. The fourth-order valence-electron chi connectivity index (χ4n) is 1.70. The number of amides is 1. The topological polar surface area (TPSA) is 40.5 Å². The Kier molecular flexibility index (Phi) is 3.72. The minimum atomic E-state index is -0.353. The van der Waals surface area contributed by atoms with Crippen LogP contribution in [0.2, 0.25) is 0 Å². The highest BCUT2D eigenvalue weighted by atomic mass is 16.3. The van der Waals surface area contributed by atoms with Crippen molar-refractivity contribution < 1.29 is 9.90 Å². The second-order valence-electron chi connectivity index (χ2n) is 3.89. The summed E-state index contributed by atoms with van der Waals surface area (Å²) in [7, 11) is 0. The van der Waals surface area contributed by atoms with E-state index in [-0.39, 0.29) is 17.9 Å². The largest absolute Gasteiger partial charge is 0.391 e. The second kappa shape index (κ2) is 4.61. The van der Waals surface area contributed by atoms with Crippen LogP contribution in [0.1, 0.15) is 33.1 Å². The first-order chi connectivity index (χ1) is 6.15. The van der Waals surface area contributed by atoms with Crippen LogP contribution in [0.4, 0.5) is 0 Å². The van der Waals surface area contributed by atoms with E-state index in [0.29, 0.717) is 6.54 Å². The summed E-state index contributed by atoms with van der Waals surface area (Å²) in [6.07, 6.45) is 2.44. The number of aliphatic hydroxyl groups is 1. The number of likely N-dealkylation sites (tertiary alicyclic amines) is 1. The molecule has 1 heterocycles. The predicted molar refractivity (Wildman–Crippen MR) is 51.3 cm³/mol. The van der Waals surface area contributed by atoms with Gasteiger partial charge in [-0.25, -0.2) is 0 Å². The molecule has 0 radical (unpaired) electrons. The number of aliphatic hydroxyl groups excluding tert-OH is 1. The van der Waals surface area contributed by atoms with Crippen molar-refractivity contribution >= 4 is 5.91 Å². The predicted octanol–water partition coefficient (Wildman–Crippen LogP) is 1.02. The first-order valence-corrected chi connectivity index (χ1v) is 5.12. The van der Waals surface area contributed by atoms with Gasteiger partial charge in [0.25, 0.3) is 0 Å². The molecule has 1 saturated heterocycles. The van der Waals surface area contributed by atoms with E-state index >= 15 is 0 Å². The second-order valence-corrected chi connectivity index (χ2v) is 3.89. The SMILES string of the molecule is CCC(O)CN1CCCC(C)C1=O. The highest BCUT2D eigenvalue weighted by molar-refractivity contribution is 5.79. The fourth-order valence-corrected chi connectivity index (χ4v) is 1.70. The van der Waals surface area contributed by atoms with Gasteiger partial charge in [-0.15, -0.1) is 0 Å². The van der Waals surface area contributed by atoms with Gasteiger partial charge < -0.3 is 10.0 Å². The lowest BCUT2D eigenvalue weighted by atomic mass is 9.99. The fraction of sp³-hybridized carbons (Fsp3) is 0.900. The van der Waals surface area contributed by atoms with Crippen LogP contribution < -0.4 is 0 Å². The molecule has 2 unspecified atom stereocenters. The zero-order valence-electron chi connectivity index (χ0n) is 8.49. The zero-order valence-corrected chi connectivity index (χ0v) is 8.49. The molecular formula is C10H19NO2. The number of β-amino-alcohol motifs (C(OH)–C–C–N with tert-alkyl or cyclic N) is 1. The lowest BCUT2D eigenvalue weighted by Gasteiger charge is -2.31. The third-order valence-corrected chi connectivity index (χ3v) is 2.70. The molecular weight excluding hydrogens is 166 g/mol. The van der Waals surface area contributed by atoms with Crippen molar-refractivity contribution in [2.75, 3.05) is 13.1 Å². The summed E-state index contributed by atoms with van der Waals surface area (Å²) in [5.74, 6) is 0.358. The zero-order chi connectivity index (χ0) is 9.84. The van der Waals surface area contributed by atoms with Gasteiger partial charge in [-0.1, -0.05) is 13.8 Å². The minimum absolute atomic E-state index is 0.151. The Morgan fingerprint density at radius 3 is 3.00 bits per heavy atom. The Morgan fingerprint density at radius 2 is 2.38 bits per heavy atom. The van der Waals surface area contributed by atoms with Crippen molar-refractivity contribution in [1.82, 2.24) is 4.90 Å². The van der Waals surface area contributed by atoms with Gasteiger partial charge in [-0.3, -0.25) is 4.79 Å². The van der Waals surface area contributed by atoms with Crippen molar-refractivity contribution in [1.29, 1.82) is 0 Å². The molecule has 2 atom stereocenters. The van der Waals surface area contributed by atoms with Crippen LogP contribution in [-0.2, 0) is 4.79 Å². The van der Waals surface area contributed by atoms with E-state index in [9.17, 15) is 9.90 Å². The first-order valence-electron chi connectivity index (χ1n) is 5.12. The van der Waals surface area contributed by atoms with Crippen LogP contribution in [0.15, 0.2) is 0 Å². The molecule has 0 aromatic heterocycles. The number of carbonyl (C=O) groups is 1. The van der Waals surface area contributed by atoms with Crippen molar-refractivity contribution in [3.63, 3.8) is 0 Å². The Morgan fingerprint density at radius 1 is 1.69 bits per heavy atom. The molecule has 1 aliphatic heterocycles. The molecule has 0 aromatic carbocycles. The molecule has 0 spiro atoms. The van der Waals surface area contributed by atoms with Gasteiger partial charge in [0.05, 0.1) is 6.10 Å². The van der Waals surface area contributed by atoms with Crippen LogP contribution in [0.3, 0.4) is 0 Å². The summed E-state index contributed by atoms with van der Waals surface area (Å²) in [4.78, 5) is 13.4. The van der Waals surface area contributed by atoms with E-state index in [1.54, 1.807) is 4.90 Å². The monoisotopic (exact) mass is 185 g/mol. The average molecular weight is 185 g/mol. The summed E-state index contributed by atoms with van der Waals surface area (Å²) < 4.78 is 0. The molecule has 13 heavy (non-hydrogen) atoms. The maximum Gasteiger partial charge on any atom is 0.225 e. The lowest BCUT2D eigenvalue weighted by molar-refractivity contribution is -0.139. The lowest BCUT2D eigenvalue weighted by Crippen LogP contribution is -2.43. The van der Waals surface area contributed by atoms with Gasteiger partial charge in [0.15, 0.2) is 0 Å². The van der Waals surface area contributed by atoms with Crippen molar-refractivity contribution in [3.8, 4) is 0 Å². The van der Waals surface area contributed by atoms with Gasteiger partial charge >= 0.3 is 0 Å². The first kappa shape index (κ1) is 10.5. The molecule has 1 N–H and O–H groups in total. The molecule has 3 nitrogen and oxygen atoms in total. The van der Waals surface area contributed by atoms with E-state index < -0.39 is 0 Å². The number of rotatable bonds is 3. The summed E-state index contributed by atoms with van der Waals surface area (Å²) in [6, 6.07) is 0. The summed E-state index contributed by atoms with van der Waals surface area (Å²) >= 11 is 0. The third kappa shape index (κ3) is 2.69. The Labute approximate surface area is 79.7 Å². The quantitative estimate of drug-likeness (QED) is 0.713. The van der Waals surface area contributed by atoms with Crippen molar-refractivity contribution in [2.45, 2.75) is 39.2 Å². The Balaban J connectivity index is 2.44. The molecule has 0 bridgehead atoms. The van der Waals surface area contributed by atoms with Crippen molar-refractivity contribution in [2.24, 2.45) is 5.92 Å². The molecule has 3 heteroatoms. The standard InChI is InChI=1S/C10H19NO2/c1-3-9(12)7-11-6-4-5-8(2)10(11)13/h8-9,12H,3-7H2,1-2H3. The molecule has 0 aromatic rings. The molecule has 1 rings (SSSR count). The summed E-state index contributed by atoms with van der Waals surface area (Å²) in [5, 5.41) is 9.42. The van der Waals surface area contributed by atoms with E-state index in [4.69, 9.17) is 0 Å². The number of piperidine rings is 1. The van der Waals surface area contributed by atoms with Crippen LogP contribution in [0, 0.1) is 5.92 Å². The Hall–Kier alpha value is -0.570. The number of nitrogens with zero attached hydrogens (tertiary/aromatic N) is 1. The third-order valence-electron chi connectivity index (χ3n) is 2.70. The molecule has 1 fully saturated rings. The maximum atomic E-state index is 11.6. The normalized spacial score (nSPS) is 26.2. The number of hydrogen-bond donors (Lipinski definition) is 1. The van der Waals surface area contributed by atoms with Gasteiger partial charge in [0, 0.05) is 19.0 Å². The van der Waals surface area contributed by atoms with E-state index in [2.05, 4.69) is 0 Å². The van der Waals surface area contributed by atoms with Crippen LogP contribution >= 0.6 is 0 Å². The number of hydrogen-bond acceptors (Lipinski definition) is 2. The molecule has 1 amide bonds. The smallest absolute Gasteiger partial charge is 0.225 e. The van der Waals surface area contributed by atoms with Gasteiger partial charge in [-0.05, 0) is 19.3 Å². The van der Waals surface area contributed by atoms with Crippen LogP contribution in [0.25, 0.3) is 0 Å². The van der Waals surface area contributed by atoms with E-state index in [1.165, 1.54) is 0 Å². The highest BCUT2D eigenvalue weighted by Gasteiger charge is 2.25. The molecule has 1 aliphatic rings.